The quantitative estimate of drug-likeness (QED) is 0.779. The molecule has 1 aromatic carbocycles. The van der Waals surface area contributed by atoms with Crippen LogP contribution in [0, 0.1) is 0 Å². The lowest BCUT2D eigenvalue weighted by molar-refractivity contribution is 0.0620. The number of Topliss-reactive ketones (excluding diaryl/α,β-unsaturated/α-hetero) is 1. The predicted molar refractivity (Wildman–Crippen MR) is 96.2 cm³/mol. The first-order valence-electron chi connectivity index (χ1n) is 8.40. The Labute approximate surface area is 147 Å². The summed E-state index contributed by atoms with van der Waals surface area (Å²) in [4.78, 5) is 30.6. The van der Waals surface area contributed by atoms with E-state index in [1.807, 2.05) is 48.2 Å². The normalized spacial score (nSPS) is 15.2. The van der Waals surface area contributed by atoms with Gasteiger partial charge in [0.2, 0.25) is 5.78 Å². The van der Waals surface area contributed by atoms with Crippen molar-refractivity contribution in [2.24, 2.45) is 0 Å². The Balaban J connectivity index is 1.53. The number of hydrogen-bond acceptors (Lipinski definition) is 5. The van der Waals surface area contributed by atoms with Gasteiger partial charge in [-0.15, -0.1) is 0 Å². The molecule has 1 aliphatic rings. The highest BCUT2D eigenvalue weighted by atomic mass is 16.3. The maximum atomic E-state index is 12.6. The first kappa shape index (κ1) is 17.2. The molecule has 0 aliphatic carbocycles. The monoisotopic (exact) mass is 341 g/mol. The van der Waals surface area contributed by atoms with E-state index < -0.39 is 0 Å². The Bertz CT molecular complexity index is 715. The Kier molecular flexibility index (Phi) is 5.19. The first-order valence-corrected chi connectivity index (χ1v) is 8.40. The van der Waals surface area contributed by atoms with E-state index in [0.29, 0.717) is 44.0 Å². The van der Waals surface area contributed by atoms with Gasteiger partial charge in [-0.3, -0.25) is 14.5 Å². The van der Waals surface area contributed by atoms with Gasteiger partial charge in [0.05, 0.1) is 12.8 Å². The second kappa shape index (κ2) is 7.53. The van der Waals surface area contributed by atoms with Crippen molar-refractivity contribution in [3.63, 3.8) is 0 Å². The second-order valence-corrected chi connectivity index (χ2v) is 6.41. The van der Waals surface area contributed by atoms with E-state index in [4.69, 9.17) is 4.42 Å². The van der Waals surface area contributed by atoms with Gasteiger partial charge in [0.25, 0.3) is 5.91 Å². The van der Waals surface area contributed by atoms with E-state index >= 15 is 0 Å². The van der Waals surface area contributed by atoms with Crippen LogP contribution in [0.15, 0.2) is 47.1 Å². The third-order valence-electron chi connectivity index (χ3n) is 4.45. The molecule has 1 amide bonds. The van der Waals surface area contributed by atoms with Crippen molar-refractivity contribution in [2.45, 2.75) is 0 Å². The lowest BCUT2D eigenvalue weighted by atomic mass is 10.1. The average Bonchev–Trinajstić information content (AvgIpc) is 3.17. The van der Waals surface area contributed by atoms with E-state index in [0.717, 1.165) is 5.69 Å². The van der Waals surface area contributed by atoms with Crippen molar-refractivity contribution in [3.05, 3.63) is 54.0 Å². The number of furan rings is 1. The van der Waals surface area contributed by atoms with Crippen molar-refractivity contribution in [2.75, 3.05) is 51.7 Å². The molecule has 0 saturated carbocycles. The molecule has 1 fully saturated rings. The summed E-state index contributed by atoms with van der Waals surface area (Å²) in [5.41, 5.74) is 1.77. The average molecular weight is 341 g/mol. The minimum absolute atomic E-state index is 0.0240. The van der Waals surface area contributed by atoms with E-state index in [1.54, 1.807) is 12.1 Å². The van der Waals surface area contributed by atoms with Gasteiger partial charge < -0.3 is 14.2 Å². The van der Waals surface area contributed by atoms with E-state index in [9.17, 15) is 9.59 Å². The smallest absolute Gasteiger partial charge is 0.253 e. The Morgan fingerprint density at radius 3 is 2.28 bits per heavy atom. The van der Waals surface area contributed by atoms with Gasteiger partial charge >= 0.3 is 0 Å². The molecule has 0 bridgehead atoms. The highest BCUT2D eigenvalue weighted by Gasteiger charge is 2.24. The highest BCUT2D eigenvalue weighted by Crippen LogP contribution is 2.15. The summed E-state index contributed by atoms with van der Waals surface area (Å²) < 4.78 is 5.14. The zero-order chi connectivity index (χ0) is 17.8. The molecule has 0 radical (unpaired) electrons. The Morgan fingerprint density at radius 1 is 1.04 bits per heavy atom. The lowest BCUT2D eigenvalue weighted by Crippen LogP contribution is -2.49. The van der Waals surface area contributed by atoms with Gasteiger partial charge in [-0.1, -0.05) is 0 Å². The van der Waals surface area contributed by atoms with Crippen LogP contribution in [-0.2, 0) is 0 Å². The van der Waals surface area contributed by atoms with Gasteiger partial charge in [-0.2, -0.15) is 0 Å². The van der Waals surface area contributed by atoms with Crippen LogP contribution in [0.1, 0.15) is 20.9 Å². The minimum atomic E-state index is -0.0240. The van der Waals surface area contributed by atoms with E-state index in [1.165, 1.54) is 6.26 Å². The predicted octanol–water partition coefficient (Wildman–Crippen LogP) is 1.99. The van der Waals surface area contributed by atoms with Gasteiger partial charge in [0.15, 0.2) is 5.76 Å². The molecular formula is C19H23N3O3. The van der Waals surface area contributed by atoms with E-state index in [2.05, 4.69) is 4.90 Å². The number of anilines is 1. The molecule has 0 unspecified atom stereocenters. The molecule has 0 spiro atoms. The van der Waals surface area contributed by atoms with Crippen LogP contribution >= 0.6 is 0 Å². The molecule has 2 heterocycles. The summed E-state index contributed by atoms with van der Waals surface area (Å²) in [6, 6.07) is 11.0. The number of carbonyl (C=O) groups is 2. The second-order valence-electron chi connectivity index (χ2n) is 6.41. The number of hydrogen-bond donors (Lipinski definition) is 0. The molecule has 3 rings (SSSR count). The Morgan fingerprint density at radius 2 is 1.72 bits per heavy atom. The standard InChI is InChI=1S/C19H23N3O3/c1-20(2)16-7-5-15(6-8-16)19(24)22-11-9-21(10-12-22)14-17(23)18-4-3-13-25-18/h3-8,13H,9-12,14H2,1-2H3. The summed E-state index contributed by atoms with van der Waals surface area (Å²) in [7, 11) is 3.94. The van der Waals surface area contributed by atoms with Crippen LogP contribution in [-0.4, -0.2) is 68.3 Å². The zero-order valence-electron chi connectivity index (χ0n) is 14.6. The fraction of sp³-hybridized carbons (Fsp3) is 0.368. The third-order valence-corrected chi connectivity index (χ3v) is 4.45. The summed E-state index contributed by atoms with van der Waals surface area (Å²) in [6.45, 7) is 2.95. The minimum Gasteiger partial charge on any atom is -0.461 e. The van der Waals surface area contributed by atoms with Crippen LogP contribution in [0.3, 0.4) is 0 Å². The van der Waals surface area contributed by atoms with Crippen molar-refractivity contribution < 1.29 is 14.0 Å². The number of amides is 1. The molecule has 6 heteroatoms. The maximum absolute atomic E-state index is 12.6. The van der Waals surface area contributed by atoms with Crippen LogP contribution in [0.5, 0.6) is 0 Å². The number of benzene rings is 1. The molecule has 1 aromatic heterocycles. The molecule has 1 aliphatic heterocycles. The summed E-state index contributed by atoms with van der Waals surface area (Å²) in [5.74, 6) is 0.408. The number of nitrogens with zero attached hydrogens (tertiary/aromatic N) is 3. The molecule has 0 N–H and O–H groups in total. The summed E-state index contributed by atoms with van der Waals surface area (Å²) >= 11 is 0. The van der Waals surface area contributed by atoms with Crippen LogP contribution < -0.4 is 4.90 Å². The largest absolute Gasteiger partial charge is 0.461 e. The van der Waals surface area contributed by atoms with Crippen LogP contribution in [0.4, 0.5) is 5.69 Å². The first-order chi connectivity index (χ1) is 12.0. The van der Waals surface area contributed by atoms with Gasteiger partial charge in [-0.05, 0) is 36.4 Å². The third kappa shape index (κ3) is 4.09. The number of piperazine rings is 1. The fourth-order valence-electron chi connectivity index (χ4n) is 2.91. The van der Waals surface area contributed by atoms with Crippen molar-refractivity contribution >= 4 is 17.4 Å². The highest BCUT2D eigenvalue weighted by molar-refractivity contribution is 5.95. The van der Waals surface area contributed by atoms with Gasteiger partial charge in [0, 0.05) is 51.5 Å². The van der Waals surface area contributed by atoms with Crippen LogP contribution in [0.2, 0.25) is 0 Å². The zero-order valence-corrected chi connectivity index (χ0v) is 14.6. The number of rotatable bonds is 5. The summed E-state index contributed by atoms with van der Waals surface area (Å²) in [6.07, 6.45) is 1.51. The topological polar surface area (TPSA) is 57.0 Å². The molecule has 25 heavy (non-hydrogen) atoms. The number of ketones is 1. The molecular weight excluding hydrogens is 318 g/mol. The molecule has 0 atom stereocenters. The number of carbonyl (C=O) groups excluding carboxylic acids is 2. The summed E-state index contributed by atoms with van der Waals surface area (Å²) in [5, 5.41) is 0. The van der Waals surface area contributed by atoms with E-state index in [-0.39, 0.29) is 11.7 Å². The molecule has 6 nitrogen and oxygen atoms in total. The van der Waals surface area contributed by atoms with Crippen molar-refractivity contribution in [1.82, 2.24) is 9.80 Å². The molecule has 132 valence electrons. The molecule has 2 aromatic rings. The lowest BCUT2D eigenvalue weighted by Gasteiger charge is -2.34. The van der Waals surface area contributed by atoms with Gasteiger partial charge in [0.1, 0.15) is 0 Å². The maximum Gasteiger partial charge on any atom is 0.253 e. The SMILES string of the molecule is CN(C)c1ccc(C(=O)N2CCN(CC(=O)c3ccco3)CC2)cc1. The van der Waals surface area contributed by atoms with Crippen molar-refractivity contribution in [3.8, 4) is 0 Å². The van der Waals surface area contributed by atoms with Crippen molar-refractivity contribution in [1.29, 1.82) is 0 Å². The Hall–Kier alpha value is -2.60. The molecule has 1 saturated heterocycles. The fourth-order valence-corrected chi connectivity index (χ4v) is 2.91. The van der Waals surface area contributed by atoms with Crippen LogP contribution in [0.25, 0.3) is 0 Å². The van der Waals surface area contributed by atoms with Gasteiger partial charge in [-0.25, -0.2) is 0 Å².